The molecule has 0 aliphatic carbocycles. The fraction of sp³-hybridized carbons (Fsp3) is 0.222. The second kappa shape index (κ2) is 7.70. The van der Waals surface area contributed by atoms with Crippen molar-refractivity contribution in [2.45, 2.75) is 13.5 Å². The number of H-pyrrole nitrogens is 1. The van der Waals surface area contributed by atoms with Crippen LogP contribution in [0, 0.1) is 6.92 Å². The maximum absolute atomic E-state index is 12.7. The highest BCUT2D eigenvalue weighted by Gasteiger charge is 2.20. The number of hydrogen-bond acceptors (Lipinski definition) is 6. The number of aromatic carboxylic acids is 1. The smallest absolute Gasteiger partial charge is 0.337 e. The van der Waals surface area contributed by atoms with Crippen molar-refractivity contribution >= 4 is 50.7 Å². The molecule has 10 heteroatoms. The molecule has 3 rings (SSSR count). The van der Waals surface area contributed by atoms with Crippen molar-refractivity contribution in [3.8, 4) is 0 Å². The van der Waals surface area contributed by atoms with Gasteiger partial charge in [0.05, 0.1) is 27.4 Å². The van der Waals surface area contributed by atoms with Crippen molar-refractivity contribution in [1.29, 1.82) is 0 Å². The second-order valence-electron chi connectivity index (χ2n) is 6.44. The summed E-state index contributed by atoms with van der Waals surface area (Å²) in [6.45, 7) is 2.15. The molecular weight excluding hydrogens is 404 g/mol. The van der Waals surface area contributed by atoms with Gasteiger partial charge >= 0.3 is 5.97 Å². The average Bonchev–Trinajstić information content (AvgIpc) is 2.93. The van der Waals surface area contributed by atoms with Crippen molar-refractivity contribution in [3.05, 3.63) is 55.4 Å². The Hall–Kier alpha value is -2.75. The number of anilines is 1. The summed E-state index contributed by atoms with van der Waals surface area (Å²) in [5.74, 6) is -1.13. The number of nitrogens with one attached hydrogen (secondary N) is 2. The van der Waals surface area contributed by atoms with Crippen LogP contribution in [0.15, 0.2) is 23.0 Å². The number of nitrogens with zero attached hydrogens (tertiary/aromatic N) is 2. The van der Waals surface area contributed by atoms with E-state index in [2.05, 4.69) is 15.3 Å². The van der Waals surface area contributed by atoms with Gasteiger partial charge in [-0.1, -0.05) is 11.6 Å². The molecule has 0 aliphatic heterocycles. The molecule has 0 spiro atoms. The van der Waals surface area contributed by atoms with Crippen LogP contribution in [0.4, 0.5) is 5.69 Å². The highest BCUT2D eigenvalue weighted by Crippen LogP contribution is 2.28. The molecule has 0 saturated carbocycles. The number of hydrogen-bond donors (Lipinski definition) is 3. The van der Waals surface area contributed by atoms with Crippen LogP contribution in [0.3, 0.4) is 0 Å². The lowest BCUT2D eigenvalue weighted by molar-refractivity contribution is 0.0696. The number of amides is 1. The van der Waals surface area contributed by atoms with Gasteiger partial charge in [0.2, 0.25) is 0 Å². The van der Waals surface area contributed by atoms with Crippen LogP contribution in [-0.4, -0.2) is 45.9 Å². The van der Waals surface area contributed by atoms with E-state index in [0.29, 0.717) is 38.7 Å². The minimum Gasteiger partial charge on any atom is -0.478 e. The van der Waals surface area contributed by atoms with Gasteiger partial charge in [0.1, 0.15) is 10.7 Å². The molecule has 0 saturated heterocycles. The van der Waals surface area contributed by atoms with Crippen LogP contribution in [0.5, 0.6) is 0 Å². The zero-order chi connectivity index (χ0) is 20.6. The van der Waals surface area contributed by atoms with E-state index in [-0.39, 0.29) is 16.1 Å². The molecular formula is C18H17ClN4O4S. The predicted molar refractivity (Wildman–Crippen MR) is 109 cm³/mol. The summed E-state index contributed by atoms with van der Waals surface area (Å²) in [5, 5.41) is 12.3. The number of carboxylic acid groups (broad SMARTS) is 1. The lowest BCUT2D eigenvalue weighted by Gasteiger charge is -2.07. The molecule has 0 bridgehead atoms. The third-order valence-corrected chi connectivity index (χ3v) is 5.49. The Morgan fingerprint density at radius 1 is 1.36 bits per heavy atom. The van der Waals surface area contributed by atoms with Gasteiger partial charge in [0.25, 0.3) is 11.5 Å². The van der Waals surface area contributed by atoms with E-state index in [1.165, 1.54) is 18.2 Å². The maximum atomic E-state index is 12.7. The molecule has 0 fully saturated rings. The molecule has 146 valence electrons. The Morgan fingerprint density at radius 2 is 2.07 bits per heavy atom. The average molecular weight is 421 g/mol. The quantitative estimate of drug-likeness (QED) is 0.584. The van der Waals surface area contributed by atoms with Crippen molar-refractivity contribution in [1.82, 2.24) is 14.9 Å². The van der Waals surface area contributed by atoms with Crippen LogP contribution < -0.4 is 10.9 Å². The number of aromatic nitrogens is 2. The predicted octanol–water partition coefficient (Wildman–Crippen LogP) is 2.96. The Kier molecular flexibility index (Phi) is 5.50. The van der Waals surface area contributed by atoms with Gasteiger partial charge in [-0.3, -0.25) is 9.59 Å². The Labute approximate surface area is 168 Å². The van der Waals surface area contributed by atoms with Crippen LogP contribution in [0.1, 0.15) is 31.4 Å². The van der Waals surface area contributed by atoms with E-state index < -0.39 is 11.9 Å². The monoisotopic (exact) mass is 420 g/mol. The number of fused-ring (bicyclic) bond motifs is 1. The van der Waals surface area contributed by atoms with E-state index in [4.69, 9.17) is 16.7 Å². The first-order valence-corrected chi connectivity index (χ1v) is 9.38. The maximum Gasteiger partial charge on any atom is 0.337 e. The lowest BCUT2D eigenvalue weighted by atomic mass is 10.2. The number of halogens is 1. The number of rotatable bonds is 5. The highest BCUT2D eigenvalue weighted by molar-refractivity contribution is 7.20. The first-order chi connectivity index (χ1) is 13.2. The van der Waals surface area contributed by atoms with Crippen LogP contribution in [0.2, 0.25) is 5.02 Å². The number of carbonyl (C=O) groups is 2. The Bertz CT molecular complexity index is 1150. The standard InChI is InChI=1S/C18H17ClN4O4S/c1-8-13-15(24)21-12(7-23(2)3)22-17(13)28-14(8)16(25)20-9-4-5-11(19)10(6-9)18(26)27/h4-6H,7H2,1-3H3,(H,20,25)(H,26,27)(H,21,22,24). The Morgan fingerprint density at radius 3 is 2.71 bits per heavy atom. The van der Waals surface area contributed by atoms with Crippen LogP contribution in [0.25, 0.3) is 10.2 Å². The van der Waals surface area contributed by atoms with Crippen molar-refractivity contribution in [2.75, 3.05) is 19.4 Å². The van der Waals surface area contributed by atoms with E-state index in [1.54, 1.807) is 6.92 Å². The van der Waals surface area contributed by atoms with Crippen molar-refractivity contribution < 1.29 is 14.7 Å². The van der Waals surface area contributed by atoms with Gasteiger partial charge < -0.3 is 20.3 Å². The van der Waals surface area contributed by atoms with Gasteiger partial charge in [0.15, 0.2) is 0 Å². The third-order valence-electron chi connectivity index (χ3n) is 3.98. The van der Waals surface area contributed by atoms with E-state index in [0.717, 1.165) is 11.3 Å². The number of thiophene rings is 1. The van der Waals surface area contributed by atoms with Gasteiger partial charge in [0, 0.05) is 5.69 Å². The fourth-order valence-electron chi connectivity index (χ4n) is 2.73. The zero-order valence-electron chi connectivity index (χ0n) is 15.3. The SMILES string of the molecule is Cc1c(C(=O)Nc2ccc(Cl)c(C(=O)O)c2)sc2nc(CN(C)C)[nH]c(=O)c12. The van der Waals surface area contributed by atoms with Gasteiger partial charge in [-0.05, 0) is 44.8 Å². The molecule has 2 aromatic heterocycles. The number of carbonyl (C=O) groups excluding carboxylic acids is 1. The molecule has 0 radical (unpaired) electrons. The van der Waals surface area contributed by atoms with Crippen molar-refractivity contribution in [3.63, 3.8) is 0 Å². The molecule has 28 heavy (non-hydrogen) atoms. The zero-order valence-corrected chi connectivity index (χ0v) is 16.9. The topological polar surface area (TPSA) is 115 Å². The summed E-state index contributed by atoms with van der Waals surface area (Å²) in [6, 6.07) is 4.19. The van der Waals surface area contributed by atoms with Gasteiger partial charge in [-0.25, -0.2) is 9.78 Å². The summed E-state index contributed by atoms with van der Waals surface area (Å²) < 4.78 is 0. The number of carboxylic acids is 1. The van der Waals surface area contributed by atoms with Crippen molar-refractivity contribution in [2.24, 2.45) is 0 Å². The van der Waals surface area contributed by atoms with E-state index >= 15 is 0 Å². The minimum absolute atomic E-state index is 0.0766. The molecule has 0 unspecified atom stereocenters. The molecule has 0 aliphatic rings. The number of benzene rings is 1. The summed E-state index contributed by atoms with van der Waals surface area (Å²) >= 11 is 6.97. The Balaban J connectivity index is 1.97. The van der Waals surface area contributed by atoms with Crippen LogP contribution in [-0.2, 0) is 6.54 Å². The molecule has 1 aromatic carbocycles. The molecule has 1 amide bonds. The normalized spacial score (nSPS) is 11.2. The number of aromatic amines is 1. The fourth-order valence-corrected chi connectivity index (χ4v) is 4.03. The first-order valence-electron chi connectivity index (χ1n) is 8.18. The number of aryl methyl sites for hydroxylation is 1. The minimum atomic E-state index is -1.19. The summed E-state index contributed by atoms with van der Waals surface area (Å²) in [5.41, 5.74) is 0.405. The summed E-state index contributed by atoms with van der Waals surface area (Å²) in [6.07, 6.45) is 0. The molecule has 8 nitrogen and oxygen atoms in total. The summed E-state index contributed by atoms with van der Waals surface area (Å²) in [7, 11) is 3.72. The van der Waals surface area contributed by atoms with E-state index in [9.17, 15) is 14.4 Å². The largest absolute Gasteiger partial charge is 0.478 e. The molecule has 0 atom stereocenters. The molecule has 2 heterocycles. The van der Waals surface area contributed by atoms with E-state index in [1.807, 2.05) is 19.0 Å². The first kappa shape index (κ1) is 20.0. The lowest BCUT2D eigenvalue weighted by Crippen LogP contribution is -2.18. The highest BCUT2D eigenvalue weighted by atomic mass is 35.5. The third kappa shape index (κ3) is 3.91. The van der Waals surface area contributed by atoms with Gasteiger partial charge in [-0.2, -0.15) is 0 Å². The second-order valence-corrected chi connectivity index (χ2v) is 7.85. The molecule has 3 aromatic rings. The van der Waals surface area contributed by atoms with Crippen LogP contribution >= 0.6 is 22.9 Å². The van der Waals surface area contributed by atoms with Gasteiger partial charge in [-0.15, -0.1) is 11.3 Å². The molecule has 3 N–H and O–H groups in total. The summed E-state index contributed by atoms with van der Waals surface area (Å²) in [4.78, 5) is 46.2.